The second-order valence-electron chi connectivity index (χ2n) is 5.54. The molecular formula is C17H20FNO2S. The molecule has 2 rings (SSSR count). The maximum absolute atomic E-state index is 13.0. The van der Waals surface area contributed by atoms with E-state index in [1.165, 1.54) is 12.1 Å². The minimum Gasteiger partial charge on any atom is -0.329 e. The van der Waals surface area contributed by atoms with Crippen LogP contribution in [0.1, 0.15) is 36.1 Å². The van der Waals surface area contributed by atoms with Crippen LogP contribution in [0.3, 0.4) is 0 Å². The molecule has 0 radical (unpaired) electrons. The Balaban J connectivity index is 2.40. The van der Waals surface area contributed by atoms with Crippen molar-refractivity contribution >= 4 is 9.84 Å². The molecule has 0 aliphatic heterocycles. The van der Waals surface area contributed by atoms with Gasteiger partial charge in [0.25, 0.3) is 0 Å². The summed E-state index contributed by atoms with van der Waals surface area (Å²) in [6.07, 6.45) is 0. The Hall–Kier alpha value is -1.72. The van der Waals surface area contributed by atoms with Crippen LogP contribution in [0.2, 0.25) is 0 Å². The first-order chi connectivity index (χ1) is 10.4. The summed E-state index contributed by atoms with van der Waals surface area (Å²) in [6.45, 7) is 4.12. The molecule has 2 N–H and O–H groups in total. The number of hydrogen-bond donors (Lipinski definition) is 1. The molecule has 0 aliphatic carbocycles. The lowest BCUT2D eigenvalue weighted by Gasteiger charge is -2.17. The Bertz CT molecular complexity index is 722. The second-order valence-corrected chi connectivity index (χ2v) is 7.68. The summed E-state index contributed by atoms with van der Waals surface area (Å²) < 4.78 is 38.4. The zero-order valence-corrected chi connectivity index (χ0v) is 13.5. The van der Waals surface area contributed by atoms with Crippen LogP contribution in [0.25, 0.3) is 0 Å². The highest BCUT2D eigenvalue weighted by Crippen LogP contribution is 2.29. The molecule has 0 saturated heterocycles. The number of halogens is 1. The minimum atomic E-state index is -3.65. The van der Waals surface area contributed by atoms with E-state index in [1.807, 2.05) is 12.1 Å². The topological polar surface area (TPSA) is 60.2 Å². The van der Waals surface area contributed by atoms with E-state index in [0.29, 0.717) is 11.5 Å². The van der Waals surface area contributed by atoms with Crippen LogP contribution in [0.5, 0.6) is 0 Å². The molecule has 0 aromatic heterocycles. The monoisotopic (exact) mass is 321 g/mol. The van der Waals surface area contributed by atoms with Crippen LogP contribution in [0.4, 0.5) is 4.39 Å². The van der Waals surface area contributed by atoms with Crippen molar-refractivity contribution in [2.24, 2.45) is 5.73 Å². The quantitative estimate of drug-likeness (QED) is 0.858. The summed E-state index contributed by atoms with van der Waals surface area (Å²) in [4.78, 5) is 0.0808. The Morgan fingerprint density at radius 2 is 1.45 bits per heavy atom. The van der Waals surface area contributed by atoms with Crippen LogP contribution in [-0.4, -0.2) is 15.0 Å². The van der Waals surface area contributed by atoms with Crippen molar-refractivity contribution in [3.8, 4) is 0 Å². The van der Waals surface area contributed by atoms with Crippen LogP contribution in [0, 0.1) is 5.82 Å². The van der Waals surface area contributed by atoms with Gasteiger partial charge in [-0.15, -0.1) is 0 Å². The molecule has 2 aromatic carbocycles. The van der Waals surface area contributed by atoms with Crippen molar-refractivity contribution < 1.29 is 12.8 Å². The molecule has 0 bridgehead atoms. The number of rotatable bonds is 5. The van der Waals surface area contributed by atoms with Gasteiger partial charge in [0.2, 0.25) is 0 Å². The molecule has 0 amide bonds. The summed E-state index contributed by atoms with van der Waals surface area (Å²) >= 11 is 0. The fourth-order valence-electron chi connectivity index (χ4n) is 2.33. The molecule has 0 spiro atoms. The lowest BCUT2D eigenvalue weighted by Crippen LogP contribution is -2.22. The predicted octanol–water partition coefficient (Wildman–Crippen LogP) is 3.42. The maximum Gasteiger partial charge on any atom is 0.186 e. The van der Waals surface area contributed by atoms with Crippen molar-refractivity contribution in [1.29, 1.82) is 0 Å². The Morgan fingerprint density at radius 1 is 0.955 bits per heavy atom. The van der Waals surface area contributed by atoms with Gasteiger partial charge in [-0.2, -0.15) is 0 Å². The number of nitrogens with two attached hydrogens (primary N) is 1. The van der Waals surface area contributed by atoms with E-state index in [1.54, 1.807) is 12.1 Å². The predicted molar refractivity (Wildman–Crippen MR) is 85.9 cm³/mol. The molecule has 1 atom stereocenters. The van der Waals surface area contributed by atoms with Crippen LogP contribution in [0.15, 0.2) is 53.4 Å². The van der Waals surface area contributed by atoms with Gasteiger partial charge in [0.1, 0.15) is 11.1 Å². The van der Waals surface area contributed by atoms with Gasteiger partial charge in [0, 0.05) is 6.54 Å². The molecule has 0 heterocycles. The zero-order chi connectivity index (χ0) is 16.3. The molecule has 2 aromatic rings. The molecule has 118 valence electrons. The SMILES string of the molecule is CC(C)c1ccc([C@@H](CN)S(=O)(=O)c2ccc(F)cc2)cc1. The third kappa shape index (κ3) is 3.36. The fraction of sp³-hybridized carbons (Fsp3) is 0.294. The standard InChI is InChI=1S/C17H20FNO2S/c1-12(2)13-3-5-14(6-4-13)17(11-19)22(20,21)16-9-7-15(18)8-10-16/h3-10,12,17H,11,19H2,1-2H3/t17-/m1/s1. The van der Waals surface area contributed by atoms with Gasteiger partial charge in [-0.25, -0.2) is 12.8 Å². The van der Waals surface area contributed by atoms with E-state index >= 15 is 0 Å². The second kappa shape index (κ2) is 6.58. The minimum absolute atomic E-state index is 0.0270. The Kier molecular flexibility index (Phi) is 4.98. The van der Waals surface area contributed by atoms with E-state index in [2.05, 4.69) is 13.8 Å². The largest absolute Gasteiger partial charge is 0.329 e. The summed E-state index contributed by atoms with van der Waals surface area (Å²) in [5.41, 5.74) is 7.49. The smallest absolute Gasteiger partial charge is 0.186 e. The van der Waals surface area contributed by atoms with Gasteiger partial charge in [-0.1, -0.05) is 38.1 Å². The first-order valence-electron chi connectivity index (χ1n) is 7.15. The van der Waals surface area contributed by atoms with Gasteiger partial charge in [0.15, 0.2) is 9.84 Å². The average Bonchev–Trinajstić information content (AvgIpc) is 2.48. The number of hydrogen-bond acceptors (Lipinski definition) is 3. The van der Waals surface area contributed by atoms with Gasteiger partial charge >= 0.3 is 0 Å². The van der Waals surface area contributed by atoms with Crippen molar-refractivity contribution in [2.75, 3.05) is 6.54 Å². The fourth-order valence-corrected chi connectivity index (χ4v) is 3.94. The van der Waals surface area contributed by atoms with Crippen molar-refractivity contribution in [3.05, 3.63) is 65.5 Å². The van der Waals surface area contributed by atoms with Crippen LogP contribution >= 0.6 is 0 Å². The molecular weight excluding hydrogens is 301 g/mol. The Morgan fingerprint density at radius 3 is 1.91 bits per heavy atom. The molecule has 0 aliphatic rings. The molecule has 5 heteroatoms. The van der Waals surface area contributed by atoms with Crippen molar-refractivity contribution in [3.63, 3.8) is 0 Å². The van der Waals surface area contributed by atoms with Gasteiger partial charge < -0.3 is 5.73 Å². The van der Waals surface area contributed by atoms with Gasteiger partial charge in [-0.05, 0) is 41.3 Å². The molecule has 3 nitrogen and oxygen atoms in total. The first kappa shape index (κ1) is 16.6. The lowest BCUT2D eigenvalue weighted by molar-refractivity contribution is 0.581. The Labute approximate surface area is 130 Å². The average molecular weight is 321 g/mol. The summed E-state index contributed by atoms with van der Waals surface area (Å²) in [5.74, 6) is -0.0939. The zero-order valence-electron chi connectivity index (χ0n) is 12.7. The maximum atomic E-state index is 13.0. The van der Waals surface area contributed by atoms with E-state index in [4.69, 9.17) is 5.73 Å². The highest BCUT2D eigenvalue weighted by Gasteiger charge is 2.28. The highest BCUT2D eigenvalue weighted by atomic mass is 32.2. The van der Waals surface area contributed by atoms with Crippen molar-refractivity contribution in [2.45, 2.75) is 29.9 Å². The number of benzene rings is 2. The molecule has 0 unspecified atom stereocenters. The summed E-state index contributed by atoms with van der Waals surface area (Å²) in [5, 5.41) is -0.834. The van der Waals surface area contributed by atoms with E-state index in [0.717, 1.165) is 17.7 Å². The van der Waals surface area contributed by atoms with E-state index in [-0.39, 0.29) is 11.4 Å². The van der Waals surface area contributed by atoms with Gasteiger partial charge in [-0.3, -0.25) is 0 Å². The summed E-state index contributed by atoms with van der Waals surface area (Å²) in [7, 11) is -3.65. The van der Waals surface area contributed by atoms with Crippen molar-refractivity contribution in [1.82, 2.24) is 0 Å². The first-order valence-corrected chi connectivity index (χ1v) is 8.70. The lowest BCUT2D eigenvalue weighted by atomic mass is 10.0. The van der Waals surface area contributed by atoms with Gasteiger partial charge in [0.05, 0.1) is 4.90 Å². The third-order valence-electron chi connectivity index (χ3n) is 3.71. The third-order valence-corrected chi connectivity index (χ3v) is 5.85. The van der Waals surface area contributed by atoms with Crippen LogP contribution < -0.4 is 5.73 Å². The van der Waals surface area contributed by atoms with E-state index < -0.39 is 20.9 Å². The number of sulfone groups is 1. The molecule has 0 fully saturated rings. The highest BCUT2D eigenvalue weighted by molar-refractivity contribution is 7.91. The molecule has 0 saturated carbocycles. The van der Waals surface area contributed by atoms with E-state index in [9.17, 15) is 12.8 Å². The van der Waals surface area contributed by atoms with Crippen LogP contribution in [-0.2, 0) is 9.84 Å². The summed E-state index contributed by atoms with van der Waals surface area (Å²) in [6, 6.07) is 12.3. The normalized spacial score (nSPS) is 13.3. The molecule has 22 heavy (non-hydrogen) atoms.